The predicted octanol–water partition coefficient (Wildman–Crippen LogP) is 3.15. The van der Waals surface area contributed by atoms with Crippen LogP contribution in [-0.2, 0) is 4.79 Å². The summed E-state index contributed by atoms with van der Waals surface area (Å²) < 4.78 is 13.2. The molecule has 1 heterocycles. The molecule has 1 rings (SSSR count). The molecule has 0 aromatic carbocycles. The molecule has 0 aliphatic carbocycles. The zero-order chi connectivity index (χ0) is 9.30. The topological polar surface area (TPSA) is 37.3 Å². The summed E-state index contributed by atoms with van der Waals surface area (Å²) in [6, 6.07) is 1.22. The van der Waals surface area contributed by atoms with Gasteiger partial charge in [0.15, 0.2) is 0 Å². The second kappa shape index (κ2) is 3.60. The molecular formula is C6H3Cl2FO2S. The molecule has 0 aliphatic rings. The van der Waals surface area contributed by atoms with E-state index in [-0.39, 0.29) is 14.2 Å². The molecule has 0 saturated heterocycles. The van der Waals surface area contributed by atoms with Gasteiger partial charge in [-0.25, -0.2) is 9.18 Å². The fourth-order valence-electron chi connectivity index (χ4n) is 0.659. The van der Waals surface area contributed by atoms with Crippen molar-refractivity contribution in [1.82, 2.24) is 0 Å². The van der Waals surface area contributed by atoms with Gasteiger partial charge in [0.1, 0.15) is 4.34 Å². The van der Waals surface area contributed by atoms with Crippen LogP contribution in [0.15, 0.2) is 6.07 Å². The van der Waals surface area contributed by atoms with Gasteiger partial charge in [0.2, 0.25) is 6.17 Å². The molecule has 1 aromatic heterocycles. The Balaban J connectivity index is 3.02. The lowest BCUT2D eigenvalue weighted by atomic mass is 10.2. The van der Waals surface area contributed by atoms with Crippen LogP contribution in [0.5, 0.6) is 0 Å². The van der Waals surface area contributed by atoms with E-state index in [1.807, 2.05) is 0 Å². The van der Waals surface area contributed by atoms with Gasteiger partial charge < -0.3 is 5.11 Å². The van der Waals surface area contributed by atoms with Gasteiger partial charge in [-0.3, -0.25) is 0 Å². The van der Waals surface area contributed by atoms with Gasteiger partial charge >= 0.3 is 5.97 Å². The van der Waals surface area contributed by atoms with Gasteiger partial charge in [-0.15, -0.1) is 11.3 Å². The first-order valence-electron chi connectivity index (χ1n) is 2.84. The Morgan fingerprint density at radius 1 is 1.67 bits per heavy atom. The summed E-state index contributed by atoms with van der Waals surface area (Å²) in [4.78, 5) is 10.2. The van der Waals surface area contributed by atoms with E-state index in [0.29, 0.717) is 0 Å². The van der Waals surface area contributed by atoms with Crippen molar-refractivity contribution in [3.8, 4) is 0 Å². The molecule has 0 aliphatic heterocycles. The molecular weight excluding hydrogens is 226 g/mol. The molecule has 1 atom stereocenters. The minimum Gasteiger partial charge on any atom is -0.479 e. The Morgan fingerprint density at radius 3 is 2.58 bits per heavy atom. The van der Waals surface area contributed by atoms with Crippen molar-refractivity contribution in [2.24, 2.45) is 0 Å². The predicted molar refractivity (Wildman–Crippen MR) is 45.8 cm³/mol. The summed E-state index contributed by atoms with van der Waals surface area (Å²) in [5.41, 5.74) is -0.0841. The number of alkyl halides is 1. The zero-order valence-electron chi connectivity index (χ0n) is 5.55. The minimum atomic E-state index is -2.10. The van der Waals surface area contributed by atoms with Crippen molar-refractivity contribution in [3.05, 3.63) is 20.3 Å². The lowest BCUT2D eigenvalue weighted by Gasteiger charge is -1.98. The molecule has 66 valence electrons. The summed E-state index contributed by atoms with van der Waals surface area (Å²) in [5, 5.41) is 8.30. The molecule has 0 radical (unpaired) electrons. The largest absolute Gasteiger partial charge is 0.479 e. The number of carbonyl (C=O) groups is 1. The monoisotopic (exact) mass is 228 g/mol. The van der Waals surface area contributed by atoms with Crippen LogP contribution in [0.2, 0.25) is 8.67 Å². The maximum atomic E-state index is 12.8. The van der Waals surface area contributed by atoms with Crippen molar-refractivity contribution in [3.63, 3.8) is 0 Å². The molecule has 6 heteroatoms. The number of thiophene rings is 1. The maximum absolute atomic E-state index is 12.8. The SMILES string of the molecule is O=C(O)C(F)c1cc(Cl)sc1Cl. The van der Waals surface area contributed by atoms with E-state index in [1.165, 1.54) is 6.07 Å². The van der Waals surface area contributed by atoms with E-state index in [4.69, 9.17) is 28.3 Å². The van der Waals surface area contributed by atoms with E-state index in [1.54, 1.807) is 0 Å². The van der Waals surface area contributed by atoms with Crippen LogP contribution in [0.4, 0.5) is 4.39 Å². The van der Waals surface area contributed by atoms with Gasteiger partial charge in [-0.1, -0.05) is 23.2 Å². The Hall–Kier alpha value is -0.320. The number of halogens is 3. The van der Waals surface area contributed by atoms with Crippen molar-refractivity contribution >= 4 is 40.5 Å². The van der Waals surface area contributed by atoms with E-state index >= 15 is 0 Å². The molecule has 0 fully saturated rings. The molecule has 12 heavy (non-hydrogen) atoms. The fourth-order valence-corrected chi connectivity index (χ4v) is 2.16. The number of carboxylic acids is 1. The molecule has 1 unspecified atom stereocenters. The summed E-state index contributed by atoms with van der Waals surface area (Å²) in [6.07, 6.45) is -2.10. The van der Waals surface area contributed by atoms with Crippen LogP contribution < -0.4 is 0 Å². The Bertz CT molecular complexity index is 312. The molecule has 0 bridgehead atoms. The Kier molecular flexibility index (Phi) is 2.93. The molecule has 1 N–H and O–H groups in total. The zero-order valence-corrected chi connectivity index (χ0v) is 7.88. The van der Waals surface area contributed by atoms with E-state index in [0.717, 1.165) is 11.3 Å². The highest BCUT2D eigenvalue weighted by molar-refractivity contribution is 7.20. The molecule has 0 saturated carbocycles. The van der Waals surface area contributed by atoms with Crippen LogP contribution in [0, 0.1) is 0 Å². The number of aliphatic carboxylic acids is 1. The van der Waals surface area contributed by atoms with Crippen molar-refractivity contribution in [2.45, 2.75) is 6.17 Å². The lowest BCUT2D eigenvalue weighted by molar-refractivity contribution is -0.143. The third-order valence-electron chi connectivity index (χ3n) is 1.17. The third kappa shape index (κ3) is 1.88. The van der Waals surface area contributed by atoms with Crippen LogP contribution >= 0.6 is 34.5 Å². The second-order valence-electron chi connectivity index (χ2n) is 1.98. The summed E-state index contributed by atoms with van der Waals surface area (Å²) in [7, 11) is 0. The van der Waals surface area contributed by atoms with E-state index < -0.39 is 12.1 Å². The molecule has 2 nitrogen and oxygen atoms in total. The van der Waals surface area contributed by atoms with Gasteiger partial charge in [-0.05, 0) is 6.07 Å². The molecule has 0 amide bonds. The van der Waals surface area contributed by atoms with Gasteiger partial charge in [0.25, 0.3) is 0 Å². The van der Waals surface area contributed by atoms with Crippen molar-refractivity contribution in [2.75, 3.05) is 0 Å². The molecule has 0 spiro atoms. The number of rotatable bonds is 2. The average Bonchev–Trinajstić information content (AvgIpc) is 2.28. The van der Waals surface area contributed by atoms with Crippen LogP contribution in [0.25, 0.3) is 0 Å². The first kappa shape index (κ1) is 9.77. The van der Waals surface area contributed by atoms with Crippen LogP contribution in [0.1, 0.15) is 11.7 Å². The third-order valence-corrected chi connectivity index (χ3v) is 2.69. The highest BCUT2D eigenvalue weighted by Crippen LogP contribution is 2.36. The average molecular weight is 229 g/mol. The summed E-state index contributed by atoms with van der Waals surface area (Å²) >= 11 is 11.9. The first-order chi connectivity index (χ1) is 5.52. The van der Waals surface area contributed by atoms with Crippen molar-refractivity contribution < 1.29 is 14.3 Å². The fraction of sp³-hybridized carbons (Fsp3) is 0.167. The standard InChI is InChI=1S/C6H3Cl2FO2S/c7-3-1-2(5(8)12-3)4(9)6(10)11/h1,4H,(H,10,11). The number of carboxylic acid groups (broad SMARTS) is 1. The first-order valence-corrected chi connectivity index (χ1v) is 4.41. The number of hydrogen-bond donors (Lipinski definition) is 1. The maximum Gasteiger partial charge on any atom is 0.343 e. The number of hydrogen-bond acceptors (Lipinski definition) is 2. The van der Waals surface area contributed by atoms with Crippen LogP contribution in [-0.4, -0.2) is 11.1 Å². The van der Waals surface area contributed by atoms with Gasteiger partial charge in [-0.2, -0.15) is 0 Å². The quantitative estimate of drug-likeness (QED) is 0.845. The second-order valence-corrected chi connectivity index (χ2v) is 4.27. The van der Waals surface area contributed by atoms with Gasteiger partial charge in [0.05, 0.1) is 4.34 Å². The Labute approximate surface area is 81.5 Å². The smallest absolute Gasteiger partial charge is 0.343 e. The highest BCUT2D eigenvalue weighted by Gasteiger charge is 2.23. The van der Waals surface area contributed by atoms with Gasteiger partial charge in [0, 0.05) is 5.56 Å². The summed E-state index contributed by atoms with van der Waals surface area (Å²) in [6.45, 7) is 0. The van der Waals surface area contributed by atoms with Crippen LogP contribution in [0.3, 0.4) is 0 Å². The highest BCUT2D eigenvalue weighted by atomic mass is 35.5. The normalized spacial score (nSPS) is 12.9. The minimum absolute atomic E-state index is 0.0786. The van der Waals surface area contributed by atoms with E-state index in [2.05, 4.69) is 0 Å². The Morgan fingerprint density at radius 2 is 2.25 bits per heavy atom. The molecule has 1 aromatic rings. The lowest BCUT2D eigenvalue weighted by Crippen LogP contribution is -2.04. The summed E-state index contributed by atoms with van der Waals surface area (Å²) in [5.74, 6) is -1.56. The van der Waals surface area contributed by atoms with Crippen molar-refractivity contribution in [1.29, 1.82) is 0 Å². The van der Waals surface area contributed by atoms with E-state index in [9.17, 15) is 9.18 Å².